The van der Waals surface area contributed by atoms with Crippen LogP contribution in [-0.2, 0) is 9.84 Å². The number of para-hydroxylation sites is 2. The van der Waals surface area contributed by atoms with Crippen LogP contribution in [0.25, 0.3) is 5.57 Å². The lowest BCUT2D eigenvalue weighted by molar-refractivity contribution is 0.331. The molecule has 0 bridgehead atoms. The Morgan fingerprint density at radius 2 is 1.77 bits per heavy atom. The first kappa shape index (κ1) is 14.7. The Morgan fingerprint density at radius 1 is 1.05 bits per heavy atom. The molecule has 2 aromatic rings. The van der Waals surface area contributed by atoms with Gasteiger partial charge in [0.15, 0.2) is 11.5 Å². The molecule has 0 fully saturated rings. The number of hydrogen-bond donors (Lipinski definition) is 0. The van der Waals surface area contributed by atoms with Crippen molar-refractivity contribution in [3.63, 3.8) is 0 Å². The van der Waals surface area contributed by atoms with E-state index in [4.69, 9.17) is 9.47 Å². The SMILES string of the molecule is COc1ccccc1OCC1=CS(=O)(=O)c2cc(C)ccc21. The van der Waals surface area contributed by atoms with E-state index in [0.29, 0.717) is 27.5 Å². The molecule has 0 radical (unpaired) electrons. The summed E-state index contributed by atoms with van der Waals surface area (Å²) in [6.07, 6.45) is 0. The summed E-state index contributed by atoms with van der Waals surface area (Å²) in [7, 11) is -1.80. The molecule has 1 aliphatic rings. The van der Waals surface area contributed by atoms with Crippen molar-refractivity contribution in [1.29, 1.82) is 0 Å². The first-order chi connectivity index (χ1) is 10.5. The quantitative estimate of drug-likeness (QED) is 0.869. The average molecular weight is 316 g/mol. The van der Waals surface area contributed by atoms with E-state index in [1.807, 2.05) is 31.2 Å². The van der Waals surface area contributed by atoms with Gasteiger partial charge in [-0.3, -0.25) is 0 Å². The molecule has 3 rings (SSSR count). The molecule has 0 spiro atoms. The van der Waals surface area contributed by atoms with Crippen LogP contribution in [0.4, 0.5) is 0 Å². The number of hydrogen-bond acceptors (Lipinski definition) is 4. The molecule has 0 unspecified atom stereocenters. The minimum absolute atomic E-state index is 0.176. The Morgan fingerprint density at radius 3 is 2.50 bits per heavy atom. The third-order valence-electron chi connectivity index (χ3n) is 3.54. The maximum absolute atomic E-state index is 12.2. The lowest BCUT2D eigenvalue weighted by Gasteiger charge is -2.11. The van der Waals surface area contributed by atoms with Crippen molar-refractivity contribution in [1.82, 2.24) is 0 Å². The van der Waals surface area contributed by atoms with Gasteiger partial charge in [-0.1, -0.05) is 24.3 Å². The van der Waals surface area contributed by atoms with Gasteiger partial charge in [0.2, 0.25) is 9.84 Å². The molecule has 2 aromatic carbocycles. The molecule has 1 heterocycles. The van der Waals surface area contributed by atoms with Gasteiger partial charge >= 0.3 is 0 Å². The highest BCUT2D eigenvalue weighted by Crippen LogP contribution is 2.35. The lowest BCUT2D eigenvalue weighted by Crippen LogP contribution is -2.01. The summed E-state index contributed by atoms with van der Waals surface area (Å²) in [5, 5.41) is 1.28. The van der Waals surface area contributed by atoms with Gasteiger partial charge in [0.05, 0.1) is 12.0 Å². The highest BCUT2D eigenvalue weighted by Gasteiger charge is 2.27. The van der Waals surface area contributed by atoms with Crippen LogP contribution in [0.3, 0.4) is 0 Å². The van der Waals surface area contributed by atoms with Crippen LogP contribution in [0.1, 0.15) is 11.1 Å². The van der Waals surface area contributed by atoms with Crippen molar-refractivity contribution in [3.8, 4) is 11.5 Å². The standard InChI is InChI=1S/C17H16O4S/c1-12-7-8-14-13(11-22(18,19)17(14)9-12)10-21-16-6-4-3-5-15(16)20-2/h3-9,11H,10H2,1-2H3. The summed E-state index contributed by atoms with van der Waals surface area (Å²) in [5.74, 6) is 1.21. The summed E-state index contributed by atoms with van der Waals surface area (Å²) in [6, 6.07) is 12.7. The van der Waals surface area contributed by atoms with Crippen LogP contribution < -0.4 is 9.47 Å². The number of rotatable bonds is 4. The first-order valence-electron chi connectivity index (χ1n) is 6.84. The van der Waals surface area contributed by atoms with Crippen molar-refractivity contribution in [2.24, 2.45) is 0 Å². The van der Waals surface area contributed by atoms with Gasteiger partial charge in [-0.25, -0.2) is 8.42 Å². The summed E-state index contributed by atoms with van der Waals surface area (Å²) >= 11 is 0. The smallest absolute Gasteiger partial charge is 0.200 e. The normalized spacial score (nSPS) is 15.1. The van der Waals surface area contributed by atoms with E-state index >= 15 is 0 Å². The third kappa shape index (κ3) is 2.60. The highest BCUT2D eigenvalue weighted by atomic mass is 32.2. The molecule has 5 heteroatoms. The zero-order valence-electron chi connectivity index (χ0n) is 12.4. The number of methoxy groups -OCH3 is 1. The number of aryl methyl sites for hydroxylation is 1. The van der Waals surface area contributed by atoms with Crippen molar-refractivity contribution in [2.45, 2.75) is 11.8 Å². The molecule has 0 aliphatic carbocycles. The highest BCUT2D eigenvalue weighted by molar-refractivity contribution is 7.95. The molecule has 114 valence electrons. The second-order valence-electron chi connectivity index (χ2n) is 5.13. The number of fused-ring (bicyclic) bond motifs is 1. The van der Waals surface area contributed by atoms with Crippen LogP contribution in [-0.4, -0.2) is 22.1 Å². The summed E-state index contributed by atoms with van der Waals surface area (Å²) in [6.45, 7) is 2.05. The predicted octanol–water partition coefficient (Wildman–Crippen LogP) is 3.21. The van der Waals surface area contributed by atoms with Gasteiger partial charge in [0, 0.05) is 16.5 Å². The van der Waals surface area contributed by atoms with E-state index in [1.54, 1.807) is 25.3 Å². The van der Waals surface area contributed by atoms with Gasteiger partial charge in [-0.2, -0.15) is 0 Å². The summed E-state index contributed by atoms with van der Waals surface area (Å²) in [4.78, 5) is 0.353. The van der Waals surface area contributed by atoms with E-state index < -0.39 is 9.84 Å². The lowest BCUT2D eigenvalue weighted by atomic mass is 10.1. The average Bonchev–Trinajstić information content (AvgIpc) is 2.76. The monoisotopic (exact) mass is 316 g/mol. The van der Waals surface area contributed by atoms with Gasteiger partial charge in [0.25, 0.3) is 0 Å². The number of ether oxygens (including phenoxy) is 2. The fourth-order valence-corrected chi connectivity index (χ4v) is 4.00. The van der Waals surface area contributed by atoms with Crippen LogP contribution in [0.15, 0.2) is 52.8 Å². The second-order valence-corrected chi connectivity index (χ2v) is 6.89. The summed E-state index contributed by atoms with van der Waals surface area (Å²) < 4.78 is 35.3. The van der Waals surface area contributed by atoms with Crippen molar-refractivity contribution >= 4 is 15.4 Å². The summed E-state index contributed by atoms with van der Waals surface area (Å²) in [5.41, 5.74) is 2.28. The largest absolute Gasteiger partial charge is 0.493 e. The van der Waals surface area contributed by atoms with Gasteiger partial charge in [-0.15, -0.1) is 0 Å². The minimum Gasteiger partial charge on any atom is -0.493 e. The molecule has 0 aromatic heterocycles. The van der Waals surface area contributed by atoms with Gasteiger partial charge in [-0.05, 0) is 30.7 Å². The Balaban J connectivity index is 1.89. The van der Waals surface area contributed by atoms with Crippen LogP contribution >= 0.6 is 0 Å². The van der Waals surface area contributed by atoms with Crippen molar-refractivity contribution in [3.05, 3.63) is 59.0 Å². The third-order valence-corrected chi connectivity index (χ3v) is 5.08. The molecular weight excluding hydrogens is 300 g/mol. The molecule has 0 amide bonds. The van der Waals surface area contributed by atoms with Gasteiger partial charge in [0.1, 0.15) is 6.61 Å². The van der Waals surface area contributed by atoms with Crippen LogP contribution in [0.2, 0.25) is 0 Å². The second kappa shape index (κ2) is 5.50. The number of benzene rings is 2. The Labute approximate surface area is 129 Å². The molecule has 0 atom stereocenters. The van der Waals surface area contributed by atoms with Gasteiger partial charge < -0.3 is 9.47 Å². The topological polar surface area (TPSA) is 52.6 Å². The fourth-order valence-electron chi connectivity index (χ4n) is 2.45. The molecule has 0 saturated carbocycles. The van der Waals surface area contributed by atoms with E-state index in [9.17, 15) is 8.42 Å². The van der Waals surface area contributed by atoms with E-state index in [1.165, 1.54) is 5.41 Å². The van der Waals surface area contributed by atoms with Crippen LogP contribution in [0, 0.1) is 6.92 Å². The molecular formula is C17H16O4S. The van der Waals surface area contributed by atoms with E-state index in [-0.39, 0.29) is 6.61 Å². The molecule has 1 aliphatic heterocycles. The maximum atomic E-state index is 12.2. The molecule has 0 N–H and O–H groups in total. The number of sulfone groups is 1. The van der Waals surface area contributed by atoms with E-state index in [0.717, 1.165) is 5.56 Å². The van der Waals surface area contributed by atoms with Crippen LogP contribution in [0.5, 0.6) is 11.5 Å². The molecule has 0 saturated heterocycles. The zero-order valence-corrected chi connectivity index (χ0v) is 13.2. The first-order valence-corrected chi connectivity index (χ1v) is 8.38. The van der Waals surface area contributed by atoms with E-state index in [2.05, 4.69) is 0 Å². The molecule has 4 nitrogen and oxygen atoms in total. The zero-order chi connectivity index (χ0) is 15.7. The Hall–Kier alpha value is -2.27. The Kier molecular flexibility index (Phi) is 3.66. The van der Waals surface area contributed by atoms with Crippen molar-refractivity contribution in [2.75, 3.05) is 13.7 Å². The fraction of sp³-hybridized carbons (Fsp3) is 0.176. The molecule has 22 heavy (non-hydrogen) atoms. The predicted molar refractivity (Wildman–Crippen MR) is 84.8 cm³/mol. The minimum atomic E-state index is -3.37. The Bertz CT molecular complexity index is 851. The maximum Gasteiger partial charge on any atom is 0.200 e. The van der Waals surface area contributed by atoms with Crippen molar-refractivity contribution < 1.29 is 17.9 Å².